The van der Waals surface area contributed by atoms with Gasteiger partial charge in [0.05, 0.1) is 34.9 Å². The Kier molecular flexibility index (Phi) is 4.82. The van der Waals surface area contributed by atoms with Crippen molar-refractivity contribution in [2.24, 2.45) is 0 Å². The lowest BCUT2D eigenvalue weighted by molar-refractivity contribution is 0.116. The molecule has 0 amide bonds. The third kappa shape index (κ3) is 3.72. The highest BCUT2D eigenvalue weighted by atomic mass is 32.1. The second kappa shape index (κ2) is 7.67. The second-order valence-electron chi connectivity index (χ2n) is 6.39. The minimum absolute atomic E-state index is 0.0627. The van der Waals surface area contributed by atoms with Gasteiger partial charge in [0, 0.05) is 16.5 Å². The van der Waals surface area contributed by atoms with Gasteiger partial charge >= 0.3 is 6.43 Å². The van der Waals surface area contributed by atoms with Gasteiger partial charge in [-0.15, -0.1) is 26.6 Å². The summed E-state index contributed by atoms with van der Waals surface area (Å²) in [6.07, 6.45) is -0.999. The van der Waals surface area contributed by atoms with Crippen molar-refractivity contribution >= 4 is 38.0 Å². The van der Waals surface area contributed by atoms with E-state index >= 15 is 0 Å². The van der Waals surface area contributed by atoms with Crippen LogP contribution in [0.5, 0.6) is 5.75 Å². The zero-order valence-electron chi connectivity index (χ0n) is 15.8. The number of anilines is 1. The minimum atomic E-state index is -2.80. The van der Waals surface area contributed by atoms with E-state index < -0.39 is 12.3 Å². The molecule has 1 aromatic carbocycles. The van der Waals surface area contributed by atoms with Gasteiger partial charge in [-0.3, -0.25) is 0 Å². The van der Waals surface area contributed by atoms with E-state index in [1.54, 1.807) is 24.1 Å². The van der Waals surface area contributed by atoms with Gasteiger partial charge in [-0.2, -0.15) is 8.78 Å². The molecule has 4 aromatic heterocycles. The van der Waals surface area contributed by atoms with Crippen molar-refractivity contribution in [3.8, 4) is 27.8 Å². The zero-order chi connectivity index (χ0) is 21.5. The Bertz CT molecular complexity index is 1370. The summed E-state index contributed by atoms with van der Waals surface area (Å²) in [7, 11) is 1.58. The van der Waals surface area contributed by atoms with Crippen LogP contribution >= 0.6 is 22.7 Å². The number of halogens is 2. The smallest absolute Gasteiger partial charge is 0.314 e. The van der Waals surface area contributed by atoms with Crippen LogP contribution in [-0.4, -0.2) is 37.3 Å². The second-order valence-corrected chi connectivity index (χ2v) is 8.62. The number of thiazole rings is 1. The van der Waals surface area contributed by atoms with E-state index in [1.807, 2.05) is 18.2 Å². The fraction of sp³-hybridized carbons (Fsp3) is 0.167. The molecule has 0 saturated heterocycles. The zero-order valence-corrected chi connectivity index (χ0v) is 17.5. The van der Waals surface area contributed by atoms with Crippen molar-refractivity contribution in [1.82, 2.24) is 30.2 Å². The van der Waals surface area contributed by atoms with Crippen molar-refractivity contribution in [2.75, 3.05) is 12.8 Å². The molecule has 9 nitrogen and oxygen atoms in total. The van der Waals surface area contributed by atoms with Gasteiger partial charge < -0.3 is 14.9 Å². The summed E-state index contributed by atoms with van der Waals surface area (Å²) >= 11 is 2.73. The van der Waals surface area contributed by atoms with Gasteiger partial charge in [-0.25, -0.2) is 9.67 Å². The molecule has 0 atom stereocenters. The van der Waals surface area contributed by atoms with Crippen molar-refractivity contribution in [2.45, 2.75) is 13.0 Å². The van der Waals surface area contributed by atoms with E-state index in [0.29, 0.717) is 28.0 Å². The number of rotatable bonds is 6. The van der Waals surface area contributed by atoms with Crippen molar-refractivity contribution in [1.29, 1.82) is 0 Å². The Morgan fingerprint density at radius 1 is 1.19 bits per heavy atom. The molecule has 158 valence electrons. The number of benzene rings is 1. The average Bonchev–Trinajstić information content (AvgIpc) is 3.52. The predicted octanol–water partition coefficient (Wildman–Crippen LogP) is 4.24. The number of methoxy groups -OCH3 is 1. The predicted molar refractivity (Wildman–Crippen MR) is 111 cm³/mol. The van der Waals surface area contributed by atoms with Crippen LogP contribution in [0, 0.1) is 0 Å². The van der Waals surface area contributed by atoms with Crippen molar-refractivity contribution in [3.05, 3.63) is 41.2 Å². The van der Waals surface area contributed by atoms with Crippen LogP contribution in [0.1, 0.15) is 17.2 Å². The van der Waals surface area contributed by atoms with Crippen LogP contribution in [0.25, 0.3) is 32.2 Å². The molecule has 13 heteroatoms. The summed E-state index contributed by atoms with van der Waals surface area (Å²) in [4.78, 5) is 5.79. The van der Waals surface area contributed by atoms with E-state index in [-0.39, 0.29) is 5.89 Å². The first-order valence-corrected chi connectivity index (χ1v) is 10.5. The molecule has 4 heterocycles. The fourth-order valence-corrected chi connectivity index (χ4v) is 4.68. The van der Waals surface area contributed by atoms with E-state index in [9.17, 15) is 8.78 Å². The Hall–Kier alpha value is -3.45. The SMILES string of the molecule is COc1cc2nc(N)sc2cc1-c1cn(Cc2ccc(-c3nnc(C(F)F)o3)s2)nn1. The molecular formula is C18H13F2N7O2S2. The highest BCUT2D eigenvalue weighted by molar-refractivity contribution is 7.22. The number of ether oxygens (including phenoxy) is 1. The number of thiophene rings is 1. The molecule has 0 radical (unpaired) electrons. The third-order valence-electron chi connectivity index (χ3n) is 4.36. The Morgan fingerprint density at radius 3 is 2.84 bits per heavy atom. The first-order chi connectivity index (χ1) is 15.0. The topological polar surface area (TPSA) is 118 Å². The number of hydrogen-bond acceptors (Lipinski definition) is 10. The first-order valence-electron chi connectivity index (χ1n) is 8.85. The third-order valence-corrected chi connectivity index (χ3v) is 6.26. The quantitative estimate of drug-likeness (QED) is 0.399. The Morgan fingerprint density at radius 2 is 2.06 bits per heavy atom. The largest absolute Gasteiger partial charge is 0.496 e. The number of fused-ring (bicyclic) bond motifs is 1. The molecule has 0 aliphatic carbocycles. The number of alkyl halides is 2. The highest BCUT2D eigenvalue weighted by Crippen LogP contribution is 2.36. The lowest BCUT2D eigenvalue weighted by Crippen LogP contribution is -1.98. The minimum Gasteiger partial charge on any atom is -0.496 e. The monoisotopic (exact) mass is 461 g/mol. The lowest BCUT2D eigenvalue weighted by Gasteiger charge is -2.05. The molecule has 0 saturated carbocycles. The Balaban J connectivity index is 1.39. The molecule has 0 aliphatic heterocycles. The summed E-state index contributed by atoms with van der Waals surface area (Å²) < 4.78 is 38.4. The van der Waals surface area contributed by atoms with Crippen LogP contribution in [0.15, 0.2) is 34.9 Å². The number of hydrogen-bond donors (Lipinski definition) is 1. The van der Waals surface area contributed by atoms with Gasteiger partial charge in [0.1, 0.15) is 11.4 Å². The molecule has 0 bridgehead atoms. The molecule has 0 fully saturated rings. The van der Waals surface area contributed by atoms with E-state index in [4.69, 9.17) is 14.9 Å². The number of nitrogens with zero attached hydrogens (tertiary/aromatic N) is 6. The normalized spacial score (nSPS) is 11.6. The molecule has 5 rings (SSSR count). The molecule has 31 heavy (non-hydrogen) atoms. The maximum absolute atomic E-state index is 12.6. The molecule has 0 aliphatic rings. The molecule has 5 aromatic rings. The summed E-state index contributed by atoms with van der Waals surface area (Å²) in [6, 6.07) is 7.34. The van der Waals surface area contributed by atoms with Crippen LogP contribution in [0.2, 0.25) is 0 Å². The molecule has 0 spiro atoms. The summed E-state index contributed by atoms with van der Waals surface area (Å²) in [5, 5.41) is 15.9. The molecule has 2 N–H and O–H groups in total. The van der Waals surface area contributed by atoms with Crippen LogP contribution in [0.4, 0.5) is 13.9 Å². The fourth-order valence-electron chi connectivity index (χ4n) is 3.00. The standard InChI is InChI=1S/C18H13F2N7O2S2/c1-28-12-5-10-14(31-18(21)22-10)4-9(12)11-7-27(26-23-11)6-8-2-3-13(30-8)16-24-25-17(29-16)15(19)20/h2-5,7,15H,6H2,1H3,(H2,21,22). The number of nitrogens with two attached hydrogens (primary N) is 1. The summed E-state index contributed by atoms with van der Waals surface area (Å²) in [5.74, 6) is -0.0123. The van der Waals surface area contributed by atoms with E-state index in [2.05, 4.69) is 25.5 Å². The summed E-state index contributed by atoms with van der Waals surface area (Å²) in [5.41, 5.74) is 7.99. The van der Waals surface area contributed by atoms with Gasteiger partial charge in [0.15, 0.2) is 5.13 Å². The first kappa shape index (κ1) is 19.5. The van der Waals surface area contributed by atoms with Gasteiger partial charge in [0.2, 0.25) is 0 Å². The van der Waals surface area contributed by atoms with Crippen LogP contribution in [-0.2, 0) is 6.54 Å². The Labute approximate surface area is 181 Å². The molecule has 0 unspecified atom stereocenters. The van der Waals surface area contributed by atoms with Gasteiger partial charge in [-0.1, -0.05) is 16.6 Å². The van der Waals surface area contributed by atoms with E-state index in [0.717, 1.165) is 20.7 Å². The van der Waals surface area contributed by atoms with Crippen molar-refractivity contribution in [3.63, 3.8) is 0 Å². The van der Waals surface area contributed by atoms with Gasteiger partial charge in [0.25, 0.3) is 11.8 Å². The average molecular weight is 461 g/mol. The number of nitrogen functional groups attached to an aromatic ring is 1. The van der Waals surface area contributed by atoms with Crippen molar-refractivity contribution < 1.29 is 17.9 Å². The lowest BCUT2D eigenvalue weighted by atomic mass is 10.1. The number of aromatic nitrogens is 6. The molecular weight excluding hydrogens is 448 g/mol. The van der Waals surface area contributed by atoms with Crippen LogP contribution in [0.3, 0.4) is 0 Å². The van der Waals surface area contributed by atoms with Gasteiger partial charge in [-0.05, 0) is 18.2 Å². The maximum atomic E-state index is 12.6. The van der Waals surface area contributed by atoms with E-state index in [1.165, 1.54) is 22.7 Å². The highest BCUT2D eigenvalue weighted by Gasteiger charge is 2.18. The van der Waals surface area contributed by atoms with Crippen LogP contribution < -0.4 is 10.5 Å². The summed E-state index contributed by atoms with van der Waals surface area (Å²) in [6.45, 7) is 0.436. The maximum Gasteiger partial charge on any atom is 0.314 e.